The van der Waals surface area contributed by atoms with Gasteiger partial charge in [0.25, 0.3) is 5.91 Å². The molecule has 0 saturated carbocycles. The van der Waals surface area contributed by atoms with E-state index in [9.17, 15) is 4.79 Å². The van der Waals surface area contributed by atoms with E-state index in [1.54, 1.807) is 6.20 Å². The van der Waals surface area contributed by atoms with Gasteiger partial charge in [-0.25, -0.2) is 4.98 Å². The highest BCUT2D eigenvalue weighted by molar-refractivity contribution is 6.07. The monoisotopic (exact) mass is 370 g/mol. The number of pyridine rings is 1. The average molecular weight is 370 g/mol. The van der Waals surface area contributed by atoms with Crippen LogP contribution in [0.2, 0.25) is 0 Å². The van der Waals surface area contributed by atoms with Gasteiger partial charge in [0.15, 0.2) is 0 Å². The van der Waals surface area contributed by atoms with Gasteiger partial charge in [-0.05, 0) is 32.0 Å². The second kappa shape index (κ2) is 7.64. The van der Waals surface area contributed by atoms with E-state index in [1.165, 1.54) is 0 Å². The molecular formula is C23H22N4O. The maximum atomic E-state index is 13.0. The van der Waals surface area contributed by atoms with E-state index < -0.39 is 0 Å². The zero-order chi connectivity index (χ0) is 19.5. The summed E-state index contributed by atoms with van der Waals surface area (Å²) in [5.41, 5.74) is 5.38. The van der Waals surface area contributed by atoms with Gasteiger partial charge in [-0.3, -0.25) is 9.48 Å². The van der Waals surface area contributed by atoms with Gasteiger partial charge in [0, 0.05) is 35.8 Å². The first-order valence-electron chi connectivity index (χ1n) is 9.40. The van der Waals surface area contributed by atoms with Crippen molar-refractivity contribution in [3.05, 3.63) is 83.7 Å². The minimum atomic E-state index is -0.114. The highest BCUT2D eigenvalue weighted by Gasteiger charge is 2.14. The van der Waals surface area contributed by atoms with Crippen molar-refractivity contribution >= 4 is 16.8 Å². The predicted octanol–water partition coefficient (Wildman–Crippen LogP) is 4.36. The molecule has 0 aliphatic carbocycles. The number of carbonyl (C=O) groups excluding carboxylic acids is 1. The Morgan fingerprint density at radius 1 is 1.11 bits per heavy atom. The Bertz CT molecular complexity index is 1150. The lowest BCUT2D eigenvalue weighted by molar-refractivity contribution is 0.0952. The van der Waals surface area contributed by atoms with E-state index in [1.807, 2.05) is 60.3 Å². The molecule has 5 heteroatoms. The molecule has 1 amide bonds. The number of rotatable bonds is 5. The third-order valence-electron chi connectivity index (χ3n) is 4.74. The topological polar surface area (TPSA) is 59.8 Å². The van der Waals surface area contributed by atoms with Crippen molar-refractivity contribution in [2.24, 2.45) is 0 Å². The number of aryl methyl sites for hydroxylation is 2. The van der Waals surface area contributed by atoms with E-state index in [0.29, 0.717) is 12.1 Å². The molecule has 5 nitrogen and oxygen atoms in total. The summed E-state index contributed by atoms with van der Waals surface area (Å²) >= 11 is 0. The Morgan fingerprint density at radius 3 is 2.75 bits per heavy atom. The Morgan fingerprint density at radius 2 is 1.96 bits per heavy atom. The lowest BCUT2D eigenvalue weighted by Gasteiger charge is -2.11. The number of aromatic nitrogens is 3. The first-order valence-corrected chi connectivity index (χ1v) is 9.40. The third kappa shape index (κ3) is 3.64. The van der Waals surface area contributed by atoms with E-state index in [4.69, 9.17) is 4.98 Å². The lowest BCUT2D eigenvalue weighted by Crippen LogP contribution is -2.23. The SMILES string of the molecule is CCn1cc(CNC(=O)c2cc(-c3cccc(C)c3)nc3ccccc23)cn1. The van der Waals surface area contributed by atoms with Crippen LogP contribution in [0.25, 0.3) is 22.2 Å². The molecule has 0 atom stereocenters. The Hall–Kier alpha value is -3.47. The summed E-state index contributed by atoms with van der Waals surface area (Å²) in [5.74, 6) is -0.114. The molecule has 140 valence electrons. The van der Waals surface area contributed by atoms with Crippen LogP contribution in [0, 0.1) is 6.92 Å². The lowest BCUT2D eigenvalue weighted by atomic mass is 10.0. The van der Waals surface area contributed by atoms with Crippen LogP contribution in [0.3, 0.4) is 0 Å². The maximum absolute atomic E-state index is 13.0. The summed E-state index contributed by atoms with van der Waals surface area (Å²) < 4.78 is 1.85. The van der Waals surface area contributed by atoms with Gasteiger partial charge in [-0.2, -0.15) is 5.10 Å². The molecule has 0 bridgehead atoms. The van der Waals surface area contributed by atoms with Gasteiger partial charge < -0.3 is 5.32 Å². The summed E-state index contributed by atoms with van der Waals surface area (Å²) in [7, 11) is 0. The Balaban J connectivity index is 1.69. The molecule has 2 heterocycles. The standard InChI is InChI=1S/C23H22N4O/c1-3-27-15-17(14-25-27)13-24-23(28)20-12-22(18-8-6-7-16(2)11-18)26-21-10-5-4-9-19(20)21/h4-12,14-15H,3,13H2,1-2H3,(H,24,28). The van der Waals surface area contributed by atoms with Gasteiger partial charge in [-0.15, -0.1) is 0 Å². The molecule has 2 aromatic carbocycles. The number of amides is 1. The van der Waals surface area contributed by atoms with E-state index in [-0.39, 0.29) is 5.91 Å². The largest absolute Gasteiger partial charge is 0.348 e. The summed E-state index contributed by atoms with van der Waals surface area (Å²) in [5, 5.41) is 8.12. The van der Waals surface area contributed by atoms with Crippen molar-refractivity contribution in [2.45, 2.75) is 26.9 Å². The molecule has 28 heavy (non-hydrogen) atoms. The first-order chi connectivity index (χ1) is 13.6. The molecule has 4 rings (SSSR count). The van der Waals surface area contributed by atoms with Crippen LogP contribution < -0.4 is 5.32 Å². The van der Waals surface area contributed by atoms with Crippen LogP contribution in [-0.2, 0) is 13.1 Å². The number of nitrogens with zero attached hydrogens (tertiary/aromatic N) is 3. The van der Waals surface area contributed by atoms with Gasteiger partial charge in [-0.1, -0.05) is 42.0 Å². The minimum Gasteiger partial charge on any atom is -0.348 e. The van der Waals surface area contributed by atoms with E-state index >= 15 is 0 Å². The molecule has 0 fully saturated rings. The zero-order valence-corrected chi connectivity index (χ0v) is 16.0. The maximum Gasteiger partial charge on any atom is 0.252 e. The van der Waals surface area contributed by atoms with Crippen LogP contribution in [0.1, 0.15) is 28.4 Å². The van der Waals surface area contributed by atoms with Crippen molar-refractivity contribution in [3.63, 3.8) is 0 Å². The number of carbonyl (C=O) groups is 1. The number of fused-ring (bicyclic) bond motifs is 1. The van der Waals surface area contributed by atoms with Gasteiger partial charge in [0.2, 0.25) is 0 Å². The molecule has 0 saturated heterocycles. The Labute approximate surface area is 164 Å². The molecule has 0 radical (unpaired) electrons. The Kier molecular flexibility index (Phi) is 4.89. The minimum absolute atomic E-state index is 0.114. The number of hydrogen-bond donors (Lipinski definition) is 1. The number of hydrogen-bond acceptors (Lipinski definition) is 3. The third-order valence-corrected chi connectivity index (χ3v) is 4.74. The fourth-order valence-corrected chi connectivity index (χ4v) is 3.26. The van der Waals surface area contributed by atoms with Crippen molar-refractivity contribution in [2.75, 3.05) is 0 Å². The van der Waals surface area contributed by atoms with Crippen molar-refractivity contribution in [1.29, 1.82) is 0 Å². The van der Waals surface area contributed by atoms with Gasteiger partial charge in [0.05, 0.1) is 23.0 Å². The van der Waals surface area contributed by atoms with Crippen LogP contribution in [-0.4, -0.2) is 20.7 Å². The molecule has 4 aromatic rings. The number of nitrogens with one attached hydrogen (secondary N) is 1. The van der Waals surface area contributed by atoms with Crippen LogP contribution in [0.15, 0.2) is 67.0 Å². The molecule has 0 aliphatic rings. The molecule has 0 unspecified atom stereocenters. The average Bonchev–Trinajstić information content (AvgIpc) is 3.19. The second-order valence-corrected chi connectivity index (χ2v) is 6.83. The normalized spacial score (nSPS) is 10.9. The molecule has 0 aliphatic heterocycles. The van der Waals surface area contributed by atoms with E-state index in [2.05, 4.69) is 29.5 Å². The van der Waals surface area contributed by atoms with Crippen molar-refractivity contribution in [3.8, 4) is 11.3 Å². The summed E-state index contributed by atoms with van der Waals surface area (Å²) in [4.78, 5) is 17.8. The fourth-order valence-electron chi connectivity index (χ4n) is 3.26. The van der Waals surface area contributed by atoms with Crippen LogP contribution in [0.5, 0.6) is 0 Å². The number of benzene rings is 2. The van der Waals surface area contributed by atoms with Crippen LogP contribution in [0.4, 0.5) is 0 Å². The predicted molar refractivity (Wildman–Crippen MR) is 111 cm³/mol. The van der Waals surface area contributed by atoms with Crippen LogP contribution >= 0.6 is 0 Å². The summed E-state index contributed by atoms with van der Waals surface area (Å²) in [6.07, 6.45) is 3.73. The fraction of sp³-hybridized carbons (Fsp3) is 0.174. The van der Waals surface area contributed by atoms with E-state index in [0.717, 1.165) is 39.8 Å². The first kappa shape index (κ1) is 17.9. The molecule has 1 N–H and O–H groups in total. The summed E-state index contributed by atoms with van der Waals surface area (Å²) in [6, 6.07) is 17.8. The highest BCUT2D eigenvalue weighted by Crippen LogP contribution is 2.25. The molecular weight excluding hydrogens is 348 g/mol. The van der Waals surface area contributed by atoms with Crippen molar-refractivity contribution < 1.29 is 4.79 Å². The summed E-state index contributed by atoms with van der Waals surface area (Å²) in [6.45, 7) is 5.33. The number of para-hydroxylation sites is 1. The van der Waals surface area contributed by atoms with Gasteiger partial charge in [0.1, 0.15) is 0 Å². The van der Waals surface area contributed by atoms with Gasteiger partial charge >= 0.3 is 0 Å². The zero-order valence-electron chi connectivity index (χ0n) is 16.0. The smallest absolute Gasteiger partial charge is 0.252 e. The quantitative estimate of drug-likeness (QED) is 0.568. The second-order valence-electron chi connectivity index (χ2n) is 6.83. The molecule has 0 spiro atoms. The van der Waals surface area contributed by atoms with Crippen molar-refractivity contribution in [1.82, 2.24) is 20.1 Å². The molecule has 2 aromatic heterocycles. The highest BCUT2D eigenvalue weighted by atomic mass is 16.1.